The lowest BCUT2D eigenvalue weighted by atomic mass is 10.0. The maximum atomic E-state index is 13.2. The highest BCUT2D eigenvalue weighted by atomic mass is 16.5. The molecule has 0 bridgehead atoms. The van der Waals surface area contributed by atoms with Crippen LogP contribution in [-0.2, 0) is 14.3 Å². The summed E-state index contributed by atoms with van der Waals surface area (Å²) >= 11 is 0. The Kier molecular flexibility index (Phi) is 46.2. The molecule has 352 valence electrons. The van der Waals surface area contributed by atoms with Gasteiger partial charge in [-0.25, -0.2) is 0 Å². The Balaban J connectivity index is 4.66. The number of aliphatic hydroxyl groups excluding tert-OH is 2. The van der Waals surface area contributed by atoms with E-state index in [4.69, 9.17) is 4.74 Å². The second-order valence-corrected chi connectivity index (χ2v) is 17.4. The normalized spacial score (nSPS) is 13.9. The number of hydrogen-bond acceptors (Lipinski definition) is 5. The summed E-state index contributed by atoms with van der Waals surface area (Å²) in [6, 6.07) is -0.727. The Morgan fingerprint density at radius 3 is 1.31 bits per heavy atom. The van der Waals surface area contributed by atoms with E-state index < -0.39 is 18.2 Å². The molecule has 1 amide bonds. The highest BCUT2D eigenvalue weighted by molar-refractivity contribution is 5.77. The van der Waals surface area contributed by atoms with Crippen LogP contribution in [0.5, 0.6) is 0 Å². The zero-order valence-corrected chi connectivity index (χ0v) is 40.0. The van der Waals surface area contributed by atoms with Gasteiger partial charge < -0.3 is 20.3 Å². The quantitative estimate of drug-likeness (QED) is 0.0322. The number of carbonyl (C=O) groups is 2. The first-order valence-electron chi connectivity index (χ1n) is 25.7. The molecule has 61 heavy (non-hydrogen) atoms. The van der Waals surface area contributed by atoms with E-state index in [0.717, 1.165) is 57.8 Å². The lowest BCUT2D eigenvalue weighted by molar-refractivity contribution is -0.151. The van der Waals surface area contributed by atoms with Crippen LogP contribution in [0.15, 0.2) is 72.9 Å². The van der Waals surface area contributed by atoms with Crippen LogP contribution >= 0.6 is 0 Å². The van der Waals surface area contributed by atoms with E-state index in [1.165, 1.54) is 135 Å². The third kappa shape index (κ3) is 43.7. The number of aliphatic hydroxyl groups is 2. The summed E-state index contributed by atoms with van der Waals surface area (Å²) in [5.41, 5.74) is 0. The molecule has 3 unspecified atom stereocenters. The molecule has 3 N–H and O–H groups in total. The minimum atomic E-state index is -0.809. The highest BCUT2D eigenvalue weighted by Gasteiger charge is 2.24. The number of allylic oxidation sites excluding steroid dienone is 12. The van der Waals surface area contributed by atoms with E-state index in [1.807, 2.05) is 60.8 Å². The Bertz CT molecular complexity index is 1140. The Labute approximate surface area is 377 Å². The van der Waals surface area contributed by atoms with E-state index in [2.05, 4.69) is 38.2 Å². The van der Waals surface area contributed by atoms with E-state index >= 15 is 0 Å². The summed E-state index contributed by atoms with van der Waals surface area (Å²) < 4.78 is 5.88. The average molecular weight is 852 g/mol. The van der Waals surface area contributed by atoms with E-state index in [0.29, 0.717) is 19.3 Å². The molecule has 0 aromatic carbocycles. The van der Waals surface area contributed by atoms with Gasteiger partial charge in [0.05, 0.1) is 25.2 Å². The van der Waals surface area contributed by atoms with Crippen molar-refractivity contribution in [1.82, 2.24) is 5.32 Å². The second kappa shape index (κ2) is 48.3. The molecule has 0 aliphatic carbocycles. The van der Waals surface area contributed by atoms with Gasteiger partial charge in [-0.1, -0.05) is 261 Å². The molecule has 0 fully saturated rings. The summed E-state index contributed by atoms with van der Waals surface area (Å²) in [5.74, 6) is -0.548. The van der Waals surface area contributed by atoms with Crippen LogP contribution in [0, 0.1) is 0 Å². The lowest BCUT2D eigenvalue weighted by Crippen LogP contribution is -2.46. The van der Waals surface area contributed by atoms with Crippen molar-refractivity contribution in [2.24, 2.45) is 0 Å². The molecule has 6 heteroatoms. The van der Waals surface area contributed by atoms with Crippen molar-refractivity contribution >= 4 is 11.9 Å². The Hall–Kier alpha value is -2.70. The topological polar surface area (TPSA) is 95.9 Å². The van der Waals surface area contributed by atoms with E-state index in [-0.39, 0.29) is 24.9 Å². The van der Waals surface area contributed by atoms with Crippen molar-refractivity contribution in [2.45, 2.75) is 257 Å². The molecule has 0 radical (unpaired) electrons. The van der Waals surface area contributed by atoms with Crippen molar-refractivity contribution in [3.8, 4) is 0 Å². The minimum Gasteiger partial charge on any atom is -0.462 e. The zero-order chi connectivity index (χ0) is 44.5. The molecule has 0 heterocycles. The van der Waals surface area contributed by atoms with Crippen molar-refractivity contribution in [3.05, 3.63) is 72.9 Å². The monoisotopic (exact) mass is 852 g/mol. The maximum Gasteiger partial charge on any atom is 0.306 e. The van der Waals surface area contributed by atoms with E-state index in [1.54, 1.807) is 0 Å². The van der Waals surface area contributed by atoms with Crippen molar-refractivity contribution in [1.29, 1.82) is 0 Å². The zero-order valence-electron chi connectivity index (χ0n) is 40.0. The molecule has 6 nitrogen and oxygen atoms in total. The third-order valence-corrected chi connectivity index (χ3v) is 11.5. The fourth-order valence-corrected chi connectivity index (χ4v) is 7.59. The van der Waals surface area contributed by atoms with Gasteiger partial charge >= 0.3 is 5.97 Å². The number of rotatable bonds is 45. The van der Waals surface area contributed by atoms with Gasteiger partial charge in [0.15, 0.2) is 0 Å². The minimum absolute atomic E-state index is 0.0261. The van der Waals surface area contributed by atoms with Crippen LogP contribution < -0.4 is 5.32 Å². The van der Waals surface area contributed by atoms with Crippen molar-refractivity contribution in [2.75, 3.05) is 6.61 Å². The van der Waals surface area contributed by atoms with Gasteiger partial charge in [-0.2, -0.15) is 0 Å². The fourth-order valence-electron chi connectivity index (χ4n) is 7.59. The molecule has 0 aliphatic heterocycles. The van der Waals surface area contributed by atoms with Gasteiger partial charge in [-0.15, -0.1) is 0 Å². The fraction of sp³-hybridized carbons (Fsp3) is 0.745. The van der Waals surface area contributed by atoms with Crippen LogP contribution in [0.2, 0.25) is 0 Å². The molecule has 0 rings (SSSR count). The molecule has 0 aromatic rings. The predicted octanol–water partition coefficient (Wildman–Crippen LogP) is 15.4. The highest BCUT2D eigenvalue weighted by Crippen LogP contribution is 2.17. The average Bonchev–Trinajstić information content (AvgIpc) is 3.25. The van der Waals surface area contributed by atoms with Crippen LogP contribution in [0.4, 0.5) is 0 Å². The molecule has 0 spiro atoms. The maximum absolute atomic E-state index is 13.2. The van der Waals surface area contributed by atoms with Gasteiger partial charge in [-0.05, 0) is 38.5 Å². The number of ether oxygens (including phenoxy) is 1. The van der Waals surface area contributed by atoms with Crippen LogP contribution in [0.3, 0.4) is 0 Å². The number of unbranched alkanes of at least 4 members (excludes halogenated alkanes) is 26. The van der Waals surface area contributed by atoms with Gasteiger partial charge in [0.2, 0.25) is 5.91 Å². The molecular formula is C55H97NO5. The van der Waals surface area contributed by atoms with Gasteiger partial charge in [-0.3, -0.25) is 9.59 Å². The first-order chi connectivity index (χ1) is 30.0. The number of nitrogens with one attached hydrogen (secondary N) is 1. The largest absolute Gasteiger partial charge is 0.462 e. The van der Waals surface area contributed by atoms with Crippen LogP contribution in [0.1, 0.15) is 239 Å². The Morgan fingerprint density at radius 1 is 0.492 bits per heavy atom. The van der Waals surface area contributed by atoms with Crippen molar-refractivity contribution in [3.63, 3.8) is 0 Å². The summed E-state index contributed by atoms with van der Waals surface area (Å²) in [6.45, 7) is 6.31. The number of esters is 1. The molecule has 3 atom stereocenters. The van der Waals surface area contributed by atoms with Gasteiger partial charge in [0.1, 0.15) is 6.10 Å². The number of carbonyl (C=O) groups excluding carboxylic acids is 2. The third-order valence-electron chi connectivity index (χ3n) is 11.5. The summed E-state index contributed by atoms with van der Waals surface area (Å²) in [5, 5.41) is 23.8. The van der Waals surface area contributed by atoms with Gasteiger partial charge in [0.25, 0.3) is 0 Å². The van der Waals surface area contributed by atoms with E-state index in [9.17, 15) is 19.8 Å². The standard InChI is InChI=1S/C55H97NO5/c1-4-7-10-13-16-19-22-24-26-28-30-33-35-38-41-44-47-53(58)52(50-57)56-54(59)49-51(61-55(60)48-45-42-39-36-31-21-18-15-12-9-6-3)46-43-40-37-34-32-29-27-25-23-20-17-14-11-8-5-2/h8,11,14,17,20,23,25,27,29,32,34,37,51-53,57-58H,4-7,9-10,12-13,15-16,18-19,21-22,24,26,28,30-31,33,35-36,38-50H2,1-3H3,(H,56,59)/b11-8-,17-14+,23-20+,27-25-,32-29+,37-34+. The molecule has 0 aromatic heterocycles. The first-order valence-corrected chi connectivity index (χ1v) is 25.7. The predicted molar refractivity (Wildman–Crippen MR) is 264 cm³/mol. The number of amides is 1. The molecule has 0 saturated heterocycles. The smallest absolute Gasteiger partial charge is 0.306 e. The SMILES string of the molecule is CC\C=C/C=C/C=C/C=C\C=C\C=C\CCCC(CC(=O)NC(CO)C(O)CCCCCCCCCCCCCCCCCC)OC(=O)CCCCCCCCCCCCC. The lowest BCUT2D eigenvalue weighted by Gasteiger charge is -2.24. The first kappa shape index (κ1) is 58.3. The molecule has 0 saturated carbocycles. The molecule has 0 aliphatic rings. The van der Waals surface area contributed by atoms with Crippen LogP contribution in [-0.4, -0.2) is 46.9 Å². The Morgan fingerprint density at radius 2 is 0.885 bits per heavy atom. The van der Waals surface area contributed by atoms with Crippen LogP contribution in [0.25, 0.3) is 0 Å². The van der Waals surface area contributed by atoms with Crippen molar-refractivity contribution < 1.29 is 24.5 Å². The number of hydrogen-bond donors (Lipinski definition) is 3. The summed E-state index contributed by atoms with van der Waals surface area (Å²) in [4.78, 5) is 26.1. The molecular weight excluding hydrogens is 755 g/mol. The van der Waals surface area contributed by atoms with Gasteiger partial charge in [0, 0.05) is 6.42 Å². The summed E-state index contributed by atoms with van der Waals surface area (Å²) in [7, 11) is 0. The summed E-state index contributed by atoms with van der Waals surface area (Å²) in [6.07, 6.45) is 61.1. The second-order valence-electron chi connectivity index (χ2n) is 17.4.